The van der Waals surface area contributed by atoms with E-state index in [1.165, 1.54) is 5.56 Å². The van der Waals surface area contributed by atoms with E-state index in [0.29, 0.717) is 0 Å². The van der Waals surface area contributed by atoms with Crippen molar-refractivity contribution in [2.45, 2.75) is 32.7 Å². The first-order valence-electron chi connectivity index (χ1n) is 5.65. The van der Waals surface area contributed by atoms with Gasteiger partial charge in [-0.05, 0) is 51.0 Å². The molecule has 0 bridgehead atoms. The minimum absolute atomic E-state index is 0.00204. The largest absolute Gasteiger partial charge is 0.384 e. The Labute approximate surface area is 96.2 Å². The van der Waals surface area contributed by atoms with Gasteiger partial charge in [-0.2, -0.15) is 0 Å². The van der Waals surface area contributed by atoms with Crippen LogP contribution in [-0.4, -0.2) is 18.0 Å². The highest BCUT2D eigenvalue weighted by atomic mass is 16.1. The van der Waals surface area contributed by atoms with Crippen LogP contribution in [0.1, 0.15) is 36.7 Å². The maximum atomic E-state index is 11.9. The van der Waals surface area contributed by atoms with Crippen LogP contribution in [0.3, 0.4) is 0 Å². The Bertz CT molecular complexity index is 418. The van der Waals surface area contributed by atoms with Crippen LogP contribution in [0.5, 0.6) is 0 Å². The summed E-state index contributed by atoms with van der Waals surface area (Å²) in [5.74, 6) is 0.00204. The Balaban J connectivity index is 2.19. The van der Waals surface area contributed by atoms with Gasteiger partial charge in [0.25, 0.3) is 5.91 Å². The lowest BCUT2D eigenvalue weighted by Gasteiger charge is -2.20. The molecule has 1 aliphatic rings. The molecule has 2 N–H and O–H groups in total. The summed E-state index contributed by atoms with van der Waals surface area (Å²) >= 11 is 0. The number of benzene rings is 1. The number of amides is 1. The normalized spacial score (nSPS) is 14.2. The maximum absolute atomic E-state index is 11.9. The highest BCUT2D eigenvalue weighted by Crippen LogP contribution is 2.23. The minimum Gasteiger partial charge on any atom is -0.384 e. The molecule has 86 valence electrons. The molecule has 0 saturated carbocycles. The summed E-state index contributed by atoms with van der Waals surface area (Å²) in [5, 5.41) is 6.25. The van der Waals surface area contributed by atoms with E-state index in [-0.39, 0.29) is 11.4 Å². The first-order chi connectivity index (χ1) is 7.46. The van der Waals surface area contributed by atoms with Gasteiger partial charge in [0.05, 0.1) is 0 Å². The van der Waals surface area contributed by atoms with Gasteiger partial charge in [0.2, 0.25) is 0 Å². The van der Waals surface area contributed by atoms with Crippen molar-refractivity contribution in [2.75, 3.05) is 11.9 Å². The Morgan fingerprint density at radius 3 is 2.81 bits per heavy atom. The second-order valence-electron chi connectivity index (χ2n) is 5.25. The smallest absolute Gasteiger partial charge is 0.251 e. The number of hydrogen-bond acceptors (Lipinski definition) is 2. The Hall–Kier alpha value is -1.51. The quantitative estimate of drug-likeness (QED) is 0.758. The lowest BCUT2D eigenvalue weighted by molar-refractivity contribution is 0.0919. The van der Waals surface area contributed by atoms with E-state index in [1.807, 2.05) is 39.0 Å². The molecule has 1 aromatic carbocycles. The van der Waals surface area contributed by atoms with Crippen molar-refractivity contribution in [1.82, 2.24) is 5.32 Å². The van der Waals surface area contributed by atoms with Crippen molar-refractivity contribution in [3.8, 4) is 0 Å². The molecule has 1 aromatic rings. The predicted octanol–water partition coefficient (Wildman–Crippen LogP) is 2.18. The molecule has 0 unspecified atom stereocenters. The molecule has 0 aromatic heterocycles. The third-order valence-electron chi connectivity index (χ3n) is 2.57. The summed E-state index contributed by atoms with van der Waals surface area (Å²) in [6.07, 6.45) is 1.01. The van der Waals surface area contributed by atoms with Gasteiger partial charge < -0.3 is 10.6 Å². The van der Waals surface area contributed by atoms with Gasteiger partial charge in [0, 0.05) is 23.3 Å². The molecule has 0 aliphatic carbocycles. The SMILES string of the molecule is CC(C)(C)NC(=O)c1ccc2c(c1)CCN2. The third-order valence-corrected chi connectivity index (χ3v) is 2.57. The van der Waals surface area contributed by atoms with Crippen LogP contribution in [0.2, 0.25) is 0 Å². The molecule has 0 atom stereocenters. The first-order valence-corrected chi connectivity index (χ1v) is 5.65. The molecule has 1 aliphatic heterocycles. The molecule has 2 rings (SSSR count). The molecule has 1 heterocycles. The number of carbonyl (C=O) groups is 1. The van der Waals surface area contributed by atoms with Crippen LogP contribution < -0.4 is 10.6 Å². The summed E-state index contributed by atoms with van der Waals surface area (Å²) in [4.78, 5) is 11.9. The molecule has 3 nitrogen and oxygen atoms in total. The molecular weight excluding hydrogens is 200 g/mol. The van der Waals surface area contributed by atoms with Gasteiger partial charge in [0.15, 0.2) is 0 Å². The lowest BCUT2D eigenvalue weighted by atomic mass is 10.1. The molecule has 0 spiro atoms. The average molecular weight is 218 g/mol. The lowest BCUT2D eigenvalue weighted by Crippen LogP contribution is -2.40. The predicted molar refractivity (Wildman–Crippen MR) is 65.9 cm³/mol. The number of fused-ring (bicyclic) bond motifs is 1. The fraction of sp³-hybridized carbons (Fsp3) is 0.462. The van der Waals surface area contributed by atoms with Crippen LogP contribution in [0, 0.1) is 0 Å². The van der Waals surface area contributed by atoms with Crippen LogP contribution in [0.15, 0.2) is 18.2 Å². The Morgan fingerprint density at radius 1 is 1.38 bits per heavy atom. The summed E-state index contributed by atoms with van der Waals surface area (Å²) in [6.45, 7) is 6.93. The van der Waals surface area contributed by atoms with Gasteiger partial charge in [-0.1, -0.05) is 0 Å². The van der Waals surface area contributed by atoms with Crippen LogP contribution in [0.4, 0.5) is 5.69 Å². The fourth-order valence-electron chi connectivity index (χ4n) is 1.86. The highest BCUT2D eigenvalue weighted by molar-refractivity contribution is 5.95. The van der Waals surface area contributed by atoms with Gasteiger partial charge >= 0.3 is 0 Å². The second kappa shape index (κ2) is 3.81. The molecule has 0 radical (unpaired) electrons. The molecule has 16 heavy (non-hydrogen) atoms. The molecule has 1 amide bonds. The highest BCUT2D eigenvalue weighted by Gasteiger charge is 2.17. The van der Waals surface area contributed by atoms with Crippen molar-refractivity contribution >= 4 is 11.6 Å². The van der Waals surface area contributed by atoms with Gasteiger partial charge in [-0.25, -0.2) is 0 Å². The van der Waals surface area contributed by atoms with E-state index < -0.39 is 0 Å². The summed E-state index contributed by atoms with van der Waals surface area (Å²) in [7, 11) is 0. The van der Waals surface area contributed by atoms with Crippen molar-refractivity contribution in [3.05, 3.63) is 29.3 Å². The molecule has 0 saturated heterocycles. The van der Waals surface area contributed by atoms with Crippen molar-refractivity contribution in [3.63, 3.8) is 0 Å². The monoisotopic (exact) mass is 218 g/mol. The van der Waals surface area contributed by atoms with E-state index in [2.05, 4.69) is 10.6 Å². The van der Waals surface area contributed by atoms with Gasteiger partial charge in [-0.15, -0.1) is 0 Å². The number of anilines is 1. The number of hydrogen-bond donors (Lipinski definition) is 2. The van der Waals surface area contributed by atoms with E-state index in [9.17, 15) is 4.79 Å². The van der Waals surface area contributed by atoms with Crippen LogP contribution >= 0.6 is 0 Å². The molecular formula is C13H18N2O. The summed E-state index contributed by atoms with van der Waals surface area (Å²) in [5.41, 5.74) is 2.96. The number of rotatable bonds is 1. The van der Waals surface area contributed by atoms with E-state index in [4.69, 9.17) is 0 Å². The summed E-state index contributed by atoms with van der Waals surface area (Å²) in [6, 6.07) is 5.84. The fourth-order valence-corrected chi connectivity index (χ4v) is 1.86. The third kappa shape index (κ3) is 2.35. The van der Waals surface area contributed by atoms with Crippen molar-refractivity contribution < 1.29 is 4.79 Å². The van der Waals surface area contributed by atoms with Gasteiger partial charge in [-0.3, -0.25) is 4.79 Å². The summed E-state index contributed by atoms with van der Waals surface area (Å²) < 4.78 is 0. The zero-order valence-electron chi connectivity index (χ0n) is 10.1. The van der Waals surface area contributed by atoms with Gasteiger partial charge in [0.1, 0.15) is 0 Å². The zero-order chi connectivity index (χ0) is 11.8. The standard InChI is InChI=1S/C13H18N2O/c1-13(2,3)15-12(16)10-4-5-11-9(8-10)6-7-14-11/h4-5,8,14H,6-7H2,1-3H3,(H,15,16). The van der Waals surface area contributed by atoms with Crippen LogP contribution in [0.25, 0.3) is 0 Å². The topological polar surface area (TPSA) is 41.1 Å². The molecule has 0 fully saturated rings. The maximum Gasteiger partial charge on any atom is 0.251 e. The van der Waals surface area contributed by atoms with Crippen LogP contribution in [-0.2, 0) is 6.42 Å². The van der Waals surface area contributed by atoms with E-state index in [1.54, 1.807) is 0 Å². The van der Waals surface area contributed by atoms with E-state index >= 15 is 0 Å². The Kier molecular flexibility index (Phi) is 2.62. The van der Waals surface area contributed by atoms with Crippen molar-refractivity contribution in [2.24, 2.45) is 0 Å². The zero-order valence-corrected chi connectivity index (χ0v) is 10.1. The van der Waals surface area contributed by atoms with E-state index in [0.717, 1.165) is 24.2 Å². The minimum atomic E-state index is -0.186. The second-order valence-corrected chi connectivity index (χ2v) is 5.25. The first kappa shape index (κ1) is 11.0. The Morgan fingerprint density at radius 2 is 2.12 bits per heavy atom. The average Bonchev–Trinajstić information content (AvgIpc) is 2.61. The number of nitrogens with one attached hydrogen (secondary N) is 2. The number of carbonyl (C=O) groups excluding carboxylic acids is 1. The van der Waals surface area contributed by atoms with Crippen molar-refractivity contribution in [1.29, 1.82) is 0 Å². The molecule has 3 heteroatoms.